The van der Waals surface area contributed by atoms with E-state index < -0.39 is 30.0 Å². The molecule has 2 aromatic rings. The minimum atomic E-state index is -4.56. The number of amides is 2. The van der Waals surface area contributed by atoms with Gasteiger partial charge in [0.1, 0.15) is 12.2 Å². The number of nitrogens with one attached hydrogen (secondary N) is 2. The Morgan fingerprint density at radius 3 is 2.54 bits per heavy atom. The zero-order valence-corrected chi connectivity index (χ0v) is 12.9. The smallest absolute Gasteiger partial charge is 0.416 e. The highest BCUT2D eigenvalue weighted by molar-refractivity contribution is 6.33. The van der Waals surface area contributed by atoms with Gasteiger partial charge in [0.15, 0.2) is 0 Å². The van der Waals surface area contributed by atoms with Crippen molar-refractivity contribution in [1.82, 2.24) is 5.32 Å². The van der Waals surface area contributed by atoms with E-state index in [4.69, 9.17) is 16.0 Å². The summed E-state index contributed by atoms with van der Waals surface area (Å²) in [7, 11) is 0. The number of carbonyl (C=O) groups excluding carboxylic acids is 2. The lowest BCUT2D eigenvalue weighted by Gasteiger charge is -2.11. The fraction of sp³-hybridized carbons (Fsp3) is 0.200. The zero-order valence-electron chi connectivity index (χ0n) is 12.1. The predicted octanol–water partition coefficient (Wildman–Crippen LogP) is 3.60. The van der Waals surface area contributed by atoms with E-state index in [1.807, 2.05) is 0 Å². The molecule has 1 aromatic carbocycles. The maximum absolute atomic E-state index is 12.7. The van der Waals surface area contributed by atoms with Crippen molar-refractivity contribution in [3.8, 4) is 0 Å². The maximum Gasteiger partial charge on any atom is 0.416 e. The van der Waals surface area contributed by atoms with E-state index in [9.17, 15) is 22.8 Å². The van der Waals surface area contributed by atoms with Gasteiger partial charge in [-0.2, -0.15) is 13.2 Å². The summed E-state index contributed by atoms with van der Waals surface area (Å²) in [5.74, 6) is -0.884. The number of rotatable bonds is 5. The van der Waals surface area contributed by atoms with Gasteiger partial charge in [0, 0.05) is 0 Å². The van der Waals surface area contributed by atoms with Gasteiger partial charge in [-0.05, 0) is 30.3 Å². The van der Waals surface area contributed by atoms with Crippen molar-refractivity contribution in [2.75, 3.05) is 5.32 Å². The number of hydrogen-bond donors (Lipinski definition) is 2. The van der Waals surface area contributed by atoms with Crippen molar-refractivity contribution >= 4 is 29.1 Å². The molecule has 0 bridgehead atoms. The normalized spacial score (nSPS) is 11.2. The summed E-state index contributed by atoms with van der Waals surface area (Å²) in [5.41, 5.74) is -1.17. The van der Waals surface area contributed by atoms with Gasteiger partial charge >= 0.3 is 6.18 Å². The van der Waals surface area contributed by atoms with Crippen LogP contribution in [0.4, 0.5) is 18.9 Å². The molecule has 0 radical (unpaired) electrons. The van der Waals surface area contributed by atoms with Gasteiger partial charge in [0.25, 0.3) is 0 Å². The Hall–Kier alpha value is -2.48. The van der Waals surface area contributed by atoms with Crippen LogP contribution in [0.25, 0.3) is 0 Å². The Bertz CT molecular complexity index is 730. The Kier molecular flexibility index (Phi) is 5.50. The average Bonchev–Trinajstić information content (AvgIpc) is 2.99. The van der Waals surface area contributed by atoms with Crippen LogP contribution in [0, 0.1) is 0 Å². The molecule has 0 aliphatic carbocycles. The first kappa shape index (κ1) is 17.9. The van der Waals surface area contributed by atoms with Gasteiger partial charge in [0.05, 0.1) is 29.1 Å². The van der Waals surface area contributed by atoms with Crippen LogP contribution >= 0.6 is 11.6 Å². The highest BCUT2D eigenvalue weighted by Gasteiger charge is 2.31. The summed E-state index contributed by atoms with van der Waals surface area (Å²) >= 11 is 5.76. The molecule has 0 aliphatic rings. The van der Waals surface area contributed by atoms with Crippen molar-refractivity contribution in [3.05, 3.63) is 52.9 Å². The fourth-order valence-electron chi connectivity index (χ4n) is 1.80. The maximum atomic E-state index is 12.7. The highest BCUT2D eigenvalue weighted by atomic mass is 35.5. The molecule has 1 heterocycles. The molecule has 128 valence electrons. The minimum Gasteiger partial charge on any atom is -0.467 e. The number of carbonyl (C=O) groups is 2. The Labute approximate surface area is 139 Å². The molecule has 2 amide bonds. The topological polar surface area (TPSA) is 71.3 Å². The van der Waals surface area contributed by atoms with Crippen LogP contribution in [-0.4, -0.2) is 11.8 Å². The molecule has 0 unspecified atom stereocenters. The van der Waals surface area contributed by atoms with Crippen molar-refractivity contribution in [2.24, 2.45) is 0 Å². The molecule has 9 heteroatoms. The van der Waals surface area contributed by atoms with E-state index in [1.165, 1.54) is 6.26 Å². The first-order chi connectivity index (χ1) is 11.3. The van der Waals surface area contributed by atoms with Crippen molar-refractivity contribution in [2.45, 2.75) is 19.1 Å². The first-order valence-electron chi connectivity index (χ1n) is 6.71. The second-order valence-corrected chi connectivity index (χ2v) is 5.18. The number of furan rings is 1. The number of halogens is 4. The fourth-order valence-corrected chi connectivity index (χ4v) is 1.96. The number of alkyl halides is 3. The molecule has 0 spiro atoms. The van der Waals surface area contributed by atoms with Gasteiger partial charge in [0.2, 0.25) is 11.8 Å². The molecule has 2 rings (SSSR count). The van der Waals surface area contributed by atoms with Crippen LogP contribution in [0.5, 0.6) is 0 Å². The standard InChI is InChI=1S/C15H12ClF3N2O3/c16-11-4-3-9(15(17,18)19)6-12(11)21-14(23)7-13(22)20-8-10-2-1-5-24-10/h1-6H,7-8H2,(H,20,22)(H,21,23). The molecule has 5 nitrogen and oxygen atoms in total. The SMILES string of the molecule is O=C(CC(=O)Nc1cc(C(F)(F)F)ccc1Cl)NCc1ccco1. The van der Waals surface area contributed by atoms with Crippen LogP contribution in [0.3, 0.4) is 0 Å². The summed E-state index contributed by atoms with van der Waals surface area (Å²) in [5, 5.41) is 4.57. The van der Waals surface area contributed by atoms with Crippen LogP contribution < -0.4 is 10.6 Å². The molecular weight excluding hydrogens is 349 g/mol. The van der Waals surface area contributed by atoms with Crippen LogP contribution in [-0.2, 0) is 22.3 Å². The Morgan fingerprint density at radius 2 is 1.92 bits per heavy atom. The van der Waals surface area contributed by atoms with Crippen LogP contribution in [0.1, 0.15) is 17.7 Å². The first-order valence-corrected chi connectivity index (χ1v) is 7.09. The lowest BCUT2D eigenvalue weighted by atomic mass is 10.2. The summed E-state index contributed by atoms with van der Waals surface area (Å²) < 4.78 is 43.0. The van der Waals surface area contributed by atoms with Crippen molar-refractivity contribution in [1.29, 1.82) is 0 Å². The van der Waals surface area contributed by atoms with Gasteiger partial charge < -0.3 is 15.1 Å². The average molecular weight is 361 g/mol. The third-order valence-corrected chi connectivity index (χ3v) is 3.26. The monoisotopic (exact) mass is 360 g/mol. The number of hydrogen-bond acceptors (Lipinski definition) is 3. The Morgan fingerprint density at radius 1 is 1.17 bits per heavy atom. The largest absolute Gasteiger partial charge is 0.467 e. The number of benzene rings is 1. The van der Waals surface area contributed by atoms with Crippen molar-refractivity contribution in [3.63, 3.8) is 0 Å². The summed E-state index contributed by atoms with van der Waals surface area (Å²) in [6.07, 6.45) is -3.69. The van der Waals surface area contributed by atoms with E-state index in [-0.39, 0.29) is 17.3 Å². The molecule has 24 heavy (non-hydrogen) atoms. The molecule has 0 aliphatic heterocycles. The molecule has 0 fully saturated rings. The van der Waals surface area contributed by atoms with E-state index >= 15 is 0 Å². The molecular formula is C15H12ClF3N2O3. The summed E-state index contributed by atoms with van der Waals surface area (Å²) in [6, 6.07) is 5.82. The zero-order chi connectivity index (χ0) is 17.7. The Balaban J connectivity index is 1.93. The second kappa shape index (κ2) is 7.39. The van der Waals surface area contributed by atoms with Crippen LogP contribution in [0.2, 0.25) is 5.02 Å². The highest BCUT2D eigenvalue weighted by Crippen LogP contribution is 2.33. The molecule has 1 aromatic heterocycles. The molecule has 0 atom stereocenters. The summed E-state index contributed by atoms with van der Waals surface area (Å²) in [6.45, 7) is 0.101. The van der Waals surface area contributed by atoms with E-state index in [1.54, 1.807) is 12.1 Å². The number of anilines is 1. The van der Waals surface area contributed by atoms with E-state index in [0.717, 1.165) is 12.1 Å². The molecule has 2 N–H and O–H groups in total. The third-order valence-electron chi connectivity index (χ3n) is 2.93. The lowest BCUT2D eigenvalue weighted by molar-refractivity contribution is -0.137. The third kappa shape index (κ3) is 5.02. The molecule has 0 saturated heterocycles. The van der Waals surface area contributed by atoms with Gasteiger partial charge in [-0.25, -0.2) is 0 Å². The minimum absolute atomic E-state index is 0.0626. The van der Waals surface area contributed by atoms with Crippen molar-refractivity contribution < 1.29 is 27.2 Å². The van der Waals surface area contributed by atoms with Gasteiger partial charge in [-0.15, -0.1) is 0 Å². The summed E-state index contributed by atoms with van der Waals surface area (Å²) in [4.78, 5) is 23.4. The molecule has 0 saturated carbocycles. The van der Waals surface area contributed by atoms with Gasteiger partial charge in [-0.1, -0.05) is 11.6 Å². The van der Waals surface area contributed by atoms with Crippen LogP contribution in [0.15, 0.2) is 41.0 Å². The van der Waals surface area contributed by atoms with E-state index in [2.05, 4.69) is 10.6 Å². The second-order valence-electron chi connectivity index (χ2n) is 4.77. The van der Waals surface area contributed by atoms with E-state index in [0.29, 0.717) is 11.8 Å². The lowest BCUT2D eigenvalue weighted by Crippen LogP contribution is -2.27. The quantitative estimate of drug-likeness (QED) is 0.800. The predicted molar refractivity (Wildman–Crippen MR) is 80.3 cm³/mol. The van der Waals surface area contributed by atoms with Gasteiger partial charge in [-0.3, -0.25) is 9.59 Å².